The van der Waals surface area contributed by atoms with Crippen molar-refractivity contribution >= 4 is 23.2 Å². The first-order chi connectivity index (χ1) is 12.0. The SMILES string of the molecule is CC(C)(C)CC[P+](c1ccccc1)(c1ccccc1)c1ccccc1. The molecule has 0 atom stereocenters. The summed E-state index contributed by atoms with van der Waals surface area (Å²) >= 11 is 0. The van der Waals surface area contributed by atoms with Crippen LogP contribution in [0.15, 0.2) is 91.0 Å². The second-order valence-electron chi connectivity index (χ2n) is 7.85. The first-order valence-electron chi connectivity index (χ1n) is 9.07. The Morgan fingerprint density at radius 3 is 1.16 bits per heavy atom. The molecule has 0 radical (unpaired) electrons. The van der Waals surface area contributed by atoms with Gasteiger partial charge in [0.15, 0.2) is 0 Å². The van der Waals surface area contributed by atoms with Crippen LogP contribution in [-0.4, -0.2) is 6.16 Å². The van der Waals surface area contributed by atoms with Gasteiger partial charge in [-0.05, 0) is 48.2 Å². The van der Waals surface area contributed by atoms with Gasteiger partial charge in [0.1, 0.15) is 23.2 Å². The van der Waals surface area contributed by atoms with Crippen molar-refractivity contribution in [1.29, 1.82) is 0 Å². The summed E-state index contributed by atoms with van der Waals surface area (Å²) in [7, 11) is -1.65. The molecule has 0 saturated carbocycles. The highest BCUT2D eigenvalue weighted by Crippen LogP contribution is 2.56. The maximum atomic E-state index is 2.35. The molecule has 0 spiro atoms. The zero-order valence-corrected chi connectivity index (χ0v) is 16.4. The molecule has 0 aromatic heterocycles. The maximum absolute atomic E-state index is 2.35. The van der Waals surface area contributed by atoms with Crippen LogP contribution in [0.2, 0.25) is 0 Å². The zero-order chi connectivity index (χ0) is 17.8. The smallest absolute Gasteiger partial charge is 0.0620 e. The van der Waals surface area contributed by atoms with Crippen LogP contribution >= 0.6 is 7.26 Å². The topological polar surface area (TPSA) is 0 Å². The summed E-state index contributed by atoms with van der Waals surface area (Å²) in [4.78, 5) is 0. The molecular formula is C24H28P+. The van der Waals surface area contributed by atoms with Gasteiger partial charge in [0.2, 0.25) is 0 Å². The van der Waals surface area contributed by atoms with Crippen LogP contribution in [0, 0.1) is 5.41 Å². The van der Waals surface area contributed by atoms with Gasteiger partial charge in [0.25, 0.3) is 0 Å². The molecule has 0 unspecified atom stereocenters. The minimum atomic E-state index is -1.65. The summed E-state index contributed by atoms with van der Waals surface area (Å²) in [5.41, 5.74) is 0.323. The van der Waals surface area contributed by atoms with Crippen molar-refractivity contribution in [3.63, 3.8) is 0 Å². The second-order valence-corrected chi connectivity index (χ2v) is 11.5. The average Bonchev–Trinajstić information content (AvgIpc) is 2.64. The van der Waals surface area contributed by atoms with Gasteiger partial charge >= 0.3 is 0 Å². The first-order valence-corrected chi connectivity index (χ1v) is 11.0. The van der Waals surface area contributed by atoms with Crippen molar-refractivity contribution in [2.45, 2.75) is 27.2 Å². The highest BCUT2D eigenvalue weighted by atomic mass is 31.2. The van der Waals surface area contributed by atoms with Gasteiger partial charge in [-0.1, -0.05) is 75.4 Å². The Labute approximate surface area is 153 Å². The summed E-state index contributed by atoms with van der Waals surface area (Å²) in [5.74, 6) is 0. The van der Waals surface area contributed by atoms with Crippen molar-refractivity contribution in [3.8, 4) is 0 Å². The third-order valence-electron chi connectivity index (χ3n) is 4.79. The Morgan fingerprint density at radius 2 is 0.880 bits per heavy atom. The molecule has 0 N–H and O–H groups in total. The van der Waals surface area contributed by atoms with Gasteiger partial charge in [-0.15, -0.1) is 0 Å². The van der Waals surface area contributed by atoms with Crippen LogP contribution in [0.4, 0.5) is 0 Å². The van der Waals surface area contributed by atoms with Crippen molar-refractivity contribution in [1.82, 2.24) is 0 Å². The Morgan fingerprint density at radius 1 is 0.560 bits per heavy atom. The Kier molecular flexibility index (Phi) is 5.40. The highest BCUT2D eigenvalue weighted by Gasteiger charge is 2.45. The van der Waals surface area contributed by atoms with E-state index < -0.39 is 7.26 Å². The quantitative estimate of drug-likeness (QED) is 0.541. The van der Waals surface area contributed by atoms with E-state index in [1.807, 2.05) is 0 Å². The lowest BCUT2D eigenvalue weighted by Gasteiger charge is -2.30. The lowest BCUT2D eigenvalue weighted by molar-refractivity contribution is 0.400. The van der Waals surface area contributed by atoms with Crippen LogP contribution in [-0.2, 0) is 0 Å². The van der Waals surface area contributed by atoms with E-state index in [2.05, 4.69) is 112 Å². The summed E-state index contributed by atoms with van der Waals surface area (Å²) in [5, 5.41) is 4.45. The molecule has 1 heteroatoms. The lowest BCUT2D eigenvalue weighted by Crippen LogP contribution is -2.34. The van der Waals surface area contributed by atoms with Crippen LogP contribution in [0.1, 0.15) is 27.2 Å². The summed E-state index contributed by atoms with van der Waals surface area (Å²) in [6.07, 6.45) is 2.41. The van der Waals surface area contributed by atoms with Crippen LogP contribution < -0.4 is 15.9 Å². The van der Waals surface area contributed by atoms with Crippen molar-refractivity contribution in [2.75, 3.05) is 6.16 Å². The molecule has 3 aromatic rings. The molecule has 0 heterocycles. The normalized spacial score (nSPS) is 12.1. The monoisotopic (exact) mass is 347 g/mol. The molecule has 0 fully saturated rings. The molecule has 0 aliphatic carbocycles. The van der Waals surface area contributed by atoms with Gasteiger partial charge in [-0.3, -0.25) is 0 Å². The molecule has 0 saturated heterocycles. The van der Waals surface area contributed by atoms with Gasteiger partial charge in [0.05, 0.1) is 6.16 Å². The third kappa shape index (κ3) is 4.02. The largest absolute Gasteiger partial charge is 0.112 e. The zero-order valence-electron chi connectivity index (χ0n) is 15.5. The molecule has 0 amide bonds. The fourth-order valence-electron chi connectivity index (χ4n) is 3.39. The summed E-state index contributed by atoms with van der Waals surface area (Å²) < 4.78 is 0. The summed E-state index contributed by atoms with van der Waals surface area (Å²) in [6, 6.07) is 33.5. The van der Waals surface area contributed by atoms with Gasteiger partial charge in [-0.25, -0.2) is 0 Å². The molecule has 0 bridgehead atoms. The van der Waals surface area contributed by atoms with Gasteiger partial charge in [0, 0.05) is 0 Å². The molecule has 0 aliphatic heterocycles. The Bertz CT molecular complexity index is 674. The van der Waals surface area contributed by atoms with E-state index in [0.29, 0.717) is 5.41 Å². The van der Waals surface area contributed by atoms with E-state index in [-0.39, 0.29) is 0 Å². The number of hydrogen-bond donors (Lipinski definition) is 0. The standard InChI is InChI=1S/C24H28P/c1-24(2,3)19-20-25(21-13-7-4-8-14-21,22-15-9-5-10-16-22)23-17-11-6-12-18-23/h4-18H,19-20H2,1-3H3/q+1. The molecule has 25 heavy (non-hydrogen) atoms. The predicted octanol–water partition coefficient (Wildman–Crippen LogP) is 5.42. The van der Waals surface area contributed by atoms with E-state index in [1.54, 1.807) is 0 Å². The minimum absolute atomic E-state index is 0.323. The predicted molar refractivity (Wildman–Crippen MR) is 114 cm³/mol. The minimum Gasteiger partial charge on any atom is -0.0620 e. The third-order valence-corrected chi connectivity index (χ3v) is 9.22. The second kappa shape index (κ2) is 7.54. The van der Waals surface area contributed by atoms with Crippen molar-refractivity contribution in [2.24, 2.45) is 5.41 Å². The fraction of sp³-hybridized carbons (Fsp3) is 0.250. The molecular weight excluding hydrogens is 319 g/mol. The van der Waals surface area contributed by atoms with Crippen molar-refractivity contribution < 1.29 is 0 Å². The number of hydrogen-bond acceptors (Lipinski definition) is 0. The number of rotatable bonds is 5. The van der Waals surface area contributed by atoms with Crippen LogP contribution in [0.5, 0.6) is 0 Å². The Balaban J connectivity index is 2.24. The van der Waals surface area contributed by atoms with E-state index in [9.17, 15) is 0 Å². The number of benzene rings is 3. The van der Waals surface area contributed by atoms with Gasteiger partial charge in [-0.2, -0.15) is 0 Å². The van der Waals surface area contributed by atoms with E-state index in [1.165, 1.54) is 28.5 Å². The highest BCUT2D eigenvalue weighted by molar-refractivity contribution is 7.95. The molecule has 3 aromatic carbocycles. The Hall–Kier alpha value is -1.91. The summed E-state index contributed by atoms with van der Waals surface area (Å²) in [6.45, 7) is 7.05. The van der Waals surface area contributed by atoms with Gasteiger partial charge < -0.3 is 0 Å². The molecule has 128 valence electrons. The molecule has 3 rings (SSSR count). The van der Waals surface area contributed by atoms with Crippen LogP contribution in [0.3, 0.4) is 0 Å². The average molecular weight is 347 g/mol. The molecule has 0 aliphatic rings. The van der Waals surface area contributed by atoms with E-state index in [0.717, 1.165) is 0 Å². The molecule has 0 nitrogen and oxygen atoms in total. The maximum Gasteiger partial charge on any atom is 0.112 e. The van der Waals surface area contributed by atoms with E-state index >= 15 is 0 Å². The van der Waals surface area contributed by atoms with Crippen molar-refractivity contribution in [3.05, 3.63) is 91.0 Å². The lowest BCUT2D eigenvalue weighted by atomic mass is 9.94. The first kappa shape index (κ1) is 17.9. The van der Waals surface area contributed by atoms with E-state index in [4.69, 9.17) is 0 Å². The fourth-order valence-corrected chi connectivity index (χ4v) is 8.10. The van der Waals surface area contributed by atoms with Crippen LogP contribution in [0.25, 0.3) is 0 Å².